The van der Waals surface area contributed by atoms with Crippen molar-refractivity contribution in [1.82, 2.24) is 4.57 Å². The number of nitrogens with zero attached hydrogens (tertiary/aromatic N) is 1. The first-order chi connectivity index (χ1) is 7.15. The minimum atomic E-state index is -0.841. The van der Waals surface area contributed by atoms with Gasteiger partial charge in [-0.1, -0.05) is 11.3 Å². The number of aliphatic carboxylic acids is 1. The van der Waals surface area contributed by atoms with E-state index in [9.17, 15) is 9.59 Å². The Morgan fingerprint density at radius 1 is 1.67 bits per heavy atom. The van der Waals surface area contributed by atoms with Crippen LogP contribution in [0.1, 0.15) is 18.5 Å². The minimum Gasteiger partial charge on any atom is -0.481 e. The molecule has 0 aliphatic heterocycles. The summed E-state index contributed by atoms with van der Waals surface area (Å²) in [5, 5.41) is 10.2. The van der Waals surface area contributed by atoms with Gasteiger partial charge in [0.15, 0.2) is 0 Å². The molecule has 1 heterocycles. The molecule has 0 unspecified atom stereocenters. The Labute approximate surface area is 90.9 Å². The number of hydrogen-bond donors (Lipinski definition) is 1. The summed E-state index contributed by atoms with van der Waals surface area (Å²) in [4.78, 5) is 21.6. The van der Waals surface area contributed by atoms with Gasteiger partial charge in [0, 0.05) is 25.5 Å². The number of carboxylic acids is 1. The monoisotopic (exact) mass is 231 g/mol. The van der Waals surface area contributed by atoms with Gasteiger partial charge in [-0.2, -0.15) is 0 Å². The molecule has 0 aliphatic rings. The van der Waals surface area contributed by atoms with Crippen LogP contribution in [0, 0.1) is 0 Å². The van der Waals surface area contributed by atoms with Gasteiger partial charge in [0.25, 0.3) is 0 Å². The number of ether oxygens (including phenoxy) is 1. The Morgan fingerprint density at radius 2 is 2.40 bits per heavy atom. The number of rotatable bonds is 6. The van der Waals surface area contributed by atoms with E-state index in [2.05, 4.69) is 0 Å². The minimum absolute atomic E-state index is 0.0626. The summed E-state index contributed by atoms with van der Waals surface area (Å²) in [5.74, 6) is -0.841. The van der Waals surface area contributed by atoms with Crippen LogP contribution in [-0.2, 0) is 22.7 Å². The van der Waals surface area contributed by atoms with Crippen molar-refractivity contribution in [2.45, 2.75) is 26.0 Å². The van der Waals surface area contributed by atoms with Gasteiger partial charge in [-0.15, -0.1) is 0 Å². The zero-order valence-electron chi connectivity index (χ0n) is 8.43. The smallest absolute Gasteiger partial charge is 0.307 e. The summed E-state index contributed by atoms with van der Waals surface area (Å²) in [6, 6.07) is 0. The second kappa shape index (κ2) is 5.67. The quantitative estimate of drug-likeness (QED) is 0.790. The first kappa shape index (κ1) is 11.9. The second-order valence-corrected chi connectivity index (χ2v) is 3.90. The lowest BCUT2D eigenvalue weighted by Gasteiger charge is -2.05. The Balaban J connectivity index is 2.62. The van der Waals surface area contributed by atoms with Crippen LogP contribution in [0.5, 0.6) is 0 Å². The molecule has 1 N–H and O–H groups in total. The van der Waals surface area contributed by atoms with Crippen molar-refractivity contribution < 1.29 is 14.6 Å². The van der Waals surface area contributed by atoms with Gasteiger partial charge in [0.05, 0.1) is 12.3 Å². The summed E-state index contributed by atoms with van der Waals surface area (Å²) in [6.45, 7) is 0.819. The zero-order valence-corrected chi connectivity index (χ0v) is 9.25. The third kappa shape index (κ3) is 3.49. The van der Waals surface area contributed by atoms with Crippen LogP contribution in [0.4, 0.5) is 0 Å². The number of hydrogen-bond acceptors (Lipinski definition) is 4. The van der Waals surface area contributed by atoms with E-state index in [0.29, 0.717) is 19.6 Å². The molecule has 1 rings (SSSR count). The summed E-state index contributed by atoms with van der Waals surface area (Å²) in [5.41, 5.74) is 0.804. The molecule has 0 spiro atoms. The first-order valence-corrected chi connectivity index (χ1v) is 5.41. The highest BCUT2D eigenvalue weighted by molar-refractivity contribution is 7.07. The lowest BCUT2D eigenvalue weighted by atomic mass is 10.3. The third-order valence-electron chi connectivity index (χ3n) is 1.93. The van der Waals surface area contributed by atoms with Gasteiger partial charge in [0.1, 0.15) is 0 Å². The molecule has 84 valence electrons. The lowest BCUT2D eigenvalue weighted by molar-refractivity contribution is -0.137. The number of carboxylic acid groups (broad SMARTS) is 1. The Morgan fingerprint density at radius 3 is 3.00 bits per heavy atom. The molecule has 6 heteroatoms. The molecule has 0 saturated heterocycles. The highest BCUT2D eigenvalue weighted by atomic mass is 32.1. The molecular weight excluding hydrogens is 218 g/mol. The van der Waals surface area contributed by atoms with Crippen LogP contribution in [0.3, 0.4) is 0 Å². The predicted molar refractivity (Wildman–Crippen MR) is 56.2 cm³/mol. The SMILES string of the molecule is COCc1csc(=O)n1CCCC(=O)O. The number of methoxy groups -OCH3 is 1. The molecule has 15 heavy (non-hydrogen) atoms. The standard InChI is InChI=1S/C9H13NO4S/c1-14-5-7-6-15-9(13)10(7)4-2-3-8(11)12/h6H,2-5H2,1H3,(H,11,12). The van der Waals surface area contributed by atoms with Gasteiger partial charge in [-0.25, -0.2) is 0 Å². The van der Waals surface area contributed by atoms with Gasteiger partial charge in [-0.05, 0) is 6.42 Å². The largest absolute Gasteiger partial charge is 0.481 e. The predicted octanol–water partition coefficient (Wildman–Crippen LogP) is 0.921. The van der Waals surface area contributed by atoms with E-state index in [-0.39, 0.29) is 11.3 Å². The van der Waals surface area contributed by atoms with Crippen molar-refractivity contribution in [3.63, 3.8) is 0 Å². The molecule has 0 aromatic carbocycles. The Hall–Kier alpha value is -1.14. The van der Waals surface area contributed by atoms with Crippen LogP contribution in [0.2, 0.25) is 0 Å². The van der Waals surface area contributed by atoms with E-state index in [1.807, 2.05) is 0 Å². The summed E-state index contributed by atoms with van der Waals surface area (Å²) >= 11 is 1.11. The Kier molecular flexibility index (Phi) is 4.51. The topological polar surface area (TPSA) is 68.5 Å². The van der Waals surface area contributed by atoms with E-state index in [1.54, 1.807) is 17.1 Å². The number of carbonyl (C=O) groups is 1. The van der Waals surface area contributed by atoms with Gasteiger partial charge < -0.3 is 14.4 Å². The fourth-order valence-corrected chi connectivity index (χ4v) is 2.01. The van der Waals surface area contributed by atoms with E-state index in [0.717, 1.165) is 17.0 Å². The summed E-state index contributed by atoms with van der Waals surface area (Å²) in [7, 11) is 1.56. The molecule has 1 aromatic heterocycles. The Bertz CT molecular complexity index is 382. The molecule has 5 nitrogen and oxygen atoms in total. The van der Waals surface area contributed by atoms with Crippen molar-refractivity contribution >= 4 is 17.3 Å². The second-order valence-electron chi connectivity index (χ2n) is 3.07. The molecule has 0 saturated carbocycles. The van der Waals surface area contributed by atoms with Crippen LogP contribution in [-0.4, -0.2) is 22.8 Å². The molecule has 0 atom stereocenters. The number of thiazole rings is 1. The zero-order chi connectivity index (χ0) is 11.3. The summed E-state index contributed by atoms with van der Waals surface area (Å²) in [6.07, 6.45) is 0.539. The molecule has 0 fully saturated rings. The molecule has 0 aliphatic carbocycles. The average Bonchev–Trinajstić information content (AvgIpc) is 2.50. The highest BCUT2D eigenvalue weighted by Crippen LogP contribution is 2.05. The molecule has 0 radical (unpaired) electrons. The number of aromatic nitrogens is 1. The average molecular weight is 231 g/mol. The lowest BCUT2D eigenvalue weighted by Crippen LogP contribution is -2.17. The normalized spacial score (nSPS) is 10.5. The molecule has 0 bridgehead atoms. The van der Waals surface area contributed by atoms with Crippen molar-refractivity contribution in [1.29, 1.82) is 0 Å². The first-order valence-electron chi connectivity index (χ1n) is 4.53. The molecule has 1 aromatic rings. The highest BCUT2D eigenvalue weighted by Gasteiger charge is 2.06. The van der Waals surface area contributed by atoms with Crippen molar-refractivity contribution in [3.05, 3.63) is 20.7 Å². The maximum atomic E-state index is 11.4. The van der Waals surface area contributed by atoms with Crippen LogP contribution < -0.4 is 4.87 Å². The maximum Gasteiger partial charge on any atom is 0.307 e. The van der Waals surface area contributed by atoms with Crippen LogP contribution in [0.25, 0.3) is 0 Å². The van der Waals surface area contributed by atoms with Crippen molar-refractivity contribution in [3.8, 4) is 0 Å². The van der Waals surface area contributed by atoms with E-state index < -0.39 is 5.97 Å². The third-order valence-corrected chi connectivity index (χ3v) is 2.74. The van der Waals surface area contributed by atoms with E-state index in [1.165, 1.54) is 0 Å². The van der Waals surface area contributed by atoms with Crippen molar-refractivity contribution in [2.24, 2.45) is 0 Å². The van der Waals surface area contributed by atoms with E-state index in [4.69, 9.17) is 9.84 Å². The van der Waals surface area contributed by atoms with Crippen LogP contribution in [0.15, 0.2) is 10.2 Å². The molecular formula is C9H13NO4S. The summed E-state index contributed by atoms with van der Waals surface area (Å²) < 4.78 is 6.51. The fraction of sp³-hybridized carbons (Fsp3) is 0.556. The fourth-order valence-electron chi connectivity index (χ4n) is 1.25. The maximum absolute atomic E-state index is 11.4. The van der Waals surface area contributed by atoms with Crippen LogP contribution >= 0.6 is 11.3 Å². The van der Waals surface area contributed by atoms with Gasteiger partial charge in [0.2, 0.25) is 0 Å². The van der Waals surface area contributed by atoms with Crippen molar-refractivity contribution in [2.75, 3.05) is 7.11 Å². The van der Waals surface area contributed by atoms with E-state index >= 15 is 0 Å². The van der Waals surface area contributed by atoms with Gasteiger partial charge in [-0.3, -0.25) is 9.59 Å². The van der Waals surface area contributed by atoms with Gasteiger partial charge >= 0.3 is 10.8 Å². The molecule has 0 amide bonds.